The van der Waals surface area contributed by atoms with Gasteiger partial charge >= 0.3 is 0 Å². The molecule has 2 aliphatic rings. The summed E-state index contributed by atoms with van der Waals surface area (Å²) < 4.78 is 0. The summed E-state index contributed by atoms with van der Waals surface area (Å²) in [5, 5.41) is 2.89. The van der Waals surface area contributed by atoms with Crippen LogP contribution in [0.2, 0.25) is 0 Å². The number of amides is 1. The van der Waals surface area contributed by atoms with Crippen LogP contribution in [-0.2, 0) is 4.79 Å². The van der Waals surface area contributed by atoms with Gasteiger partial charge in [0.2, 0.25) is 5.91 Å². The molecular weight excluding hydrogens is 150 g/mol. The van der Waals surface area contributed by atoms with Crippen molar-refractivity contribution in [1.82, 2.24) is 5.32 Å². The van der Waals surface area contributed by atoms with E-state index in [9.17, 15) is 4.79 Å². The molecule has 2 nitrogen and oxygen atoms in total. The van der Waals surface area contributed by atoms with Gasteiger partial charge < -0.3 is 5.32 Å². The zero-order valence-electron chi connectivity index (χ0n) is 7.25. The van der Waals surface area contributed by atoms with Crippen molar-refractivity contribution in [2.75, 3.05) is 6.54 Å². The zero-order valence-corrected chi connectivity index (χ0v) is 7.25. The molecule has 2 unspecified atom stereocenters. The molecule has 1 aliphatic carbocycles. The highest BCUT2D eigenvalue weighted by Gasteiger charge is 2.30. The Morgan fingerprint density at radius 3 is 2.92 bits per heavy atom. The second-order valence-corrected chi connectivity index (χ2v) is 3.71. The first-order valence-corrected chi connectivity index (χ1v) is 4.82. The van der Waals surface area contributed by atoms with E-state index in [0.29, 0.717) is 5.92 Å². The minimum absolute atomic E-state index is 0.270. The van der Waals surface area contributed by atoms with Crippen LogP contribution in [0.1, 0.15) is 25.7 Å². The van der Waals surface area contributed by atoms with Crippen molar-refractivity contribution >= 4 is 5.91 Å². The summed E-state index contributed by atoms with van der Waals surface area (Å²) in [5.41, 5.74) is 0. The molecule has 2 rings (SSSR count). The Balaban J connectivity index is 2.02. The summed E-state index contributed by atoms with van der Waals surface area (Å²) >= 11 is 0. The predicted molar refractivity (Wildman–Crippen MR) is 47.6 cm³/mol. The van der Waals surface area contributed by atoms with Crippen LogP contribution >= 0.6 is 0 Å². The Labute approximate surface area is 73.0 Å². The molecule has 1 N–H and O–H groups in total. The largest absolute Gasteiger partial charge is 0.356 e. The normalized spacial score (nSPS) is 35.2. The summed E-state index contributed by atoms with van der Waals surface area (Å²) in [6.07, 6.45) is 9.15. The van der Waals surface area contributed by atoms with Gasteiger partial charge in [-0.1, -0.05) is 12.2 Å². The number of carbonyl (C=O) groups is 1. The average Bonchev–Trinajstić information content (AvgIpc) is 2.53. The number of rotatable bonds is 1. The van der Waals surface area contributed by atoms with Crippen molar-refractivity contribution in [2.24, 2.45) is 11.8 Å². The molecule has 1 amide bonds. The molecule has 0 bridgehead atoms. The maximum Gasteiger partial charge on any atom is 0.223 e. The van der Waals surface area contributed by atoms with E-state index in [1.165, 1.54) is 19.3 Å². The van der Waals surface area contributed by atoms with Gasteiger partial charge in [0, 0.05) is 12.5 Å². The van der Waals surface area contributed by atoms with Gasteiger partial charge in [-0.05, 0) is 31.6 Å². The third kappa shape index (κ3) is 1.38. The van der Waals surface area contributed by atoms with Crippen LogP contribution in [0.5, 0.6) is 0 Å². The van der Waals surface area contributed by atoms with E-state index in [1.54, 1.807) is 0 Å². The molecule has 0 saturated carbocycles. The fourth-order valence-corrected chi connectivity index (χ4v) is 2.20. The predicted octanol–water partition coefficient (Wildman–Crippen LogP) is 1.48. The zero-order chi connectivity index (χ0) is 8.39. The smallest absolute Gasteiger partial charge is 0.223 e. The first-order chi connectivity index (χ1) is 5.88. The SMILES string of the molecule is O=C1NCCC1C1C=CCCC1. The molecule has 1 saturated heterocycles. The highest BCUT2D eigenvalue weighted by atomic mass is 16.2. The third-order valence-electron chi connectivity index (χ3n) is 2.90. The Morgan fingerprint density at radius 1 is 1.42 bits per heavy atom. The Hall–Kier alpha value is -0.790. The summed E-state index contributed by atoms with van der Waals surface area (Å²) in [5.74, 6) is 1.08. The summed E-state index contributed by atoms with van der Waals surface area (Å²) in [6, 6.07) is 0. The van der Waals surface area contributed by atoms with Crippen LogP contribution in [0, 0.1) is 11.8 Å². The Kier molecular flexibility index (Phi) is 2.15. The van der Waals surface area contributed by atoms with E-state index < -0.39 is 0 Å². The van der Waals surface area contributed by atoms with Gasteiger partial charge in [-0.15, -0.1) is 0 Å². The molecule has 66 valence electrons. The van der Waals surface area contributed by atoms with Gasteiger partial charge in [0.25, 0.3) is 0 Å². The lowest BCUT2D eigenvalue weighted by molar-refractivity contribution is -0.123. The van der Waals surface area contributed by atoms with Crippen LogP contribution in [0.15, 0.2) is 12.2 Å². The highest BCUT2D eigenvalue weighted by Crippen LogP contribution is 2.28. The molecule has 0 aromatic carbocycles. The fraction of sp³-hybridized carbons (Fsp3) is 0.700. The van der Waals surface area contributed by atoms with Gasteiger partial charge in [-0.3, -0.25) is 4.79 Å². The maximum absolute atomic E-state index is 11.3. The van der Waals surface area contributed by atoms with E-state index in [4.69, 9.17) is 0 Å². The lowest BCUT2D eigenvalue weighted by Crippen LogP contribution is -2.24. The van der Waals surface area contributed by atoms with Crippen molar-refractivity contribution in [3.05, 3.63) is 12.2 Å². The number of hydrogen-bond acceptors (Lipinski definition) is 1. The Bertz CT molecular complexity index is 210. The minimum atomic E-state index is 0.270. The van der Waals surface area contributed by atoms with Crippen LogP contribution in [0.25, 0.3) is 0 Å². The van der Waals surface area contributed by atoms with E-state index in [0.717, 1.165) is 13.0 Å². The Morgan fingerprint density at radius 2 is 2.33 bits per heavy atom. The van der Waals surface area contributed by atoms with Crippen molar-refractivity contribution < 1.29 is 4.79 Å². The second-order valence-electron chi connectivity index (χ2n) is 3.71. The summed E-state index contributed by atoms with van der Waals surface area (Å²) in [7, 11) is 0. The monoisotopic (exact) mass is 165 g/mol. The first-order valence-electron chi connectivity index (χ1n) is 4.82. The van der Waals surface area contributed by atoms with Gasteiger partial charge in [0.15, 0.2) is 0 Å². The van der Waals surface area contributed by atoms with Crippen LogP contribution in [0.3, 0.4) is 0 Å². The van der Waals surface area contributed by atoms with Gasteiger partial charge in [0.1, 0.15) is 0 Å². The summed E-state index contributed by atoms with van der Waals surface area (Å²) in [6.45, 7) is 0.883. The van der Waals surface area contributed by atoms with Crippen LogP contribution in [-0.4, -0.2) is 12.5 Å². The average molecular weight is 165 g/mol. The topological polar surface area (TPSA) is 29.1 Å². The number of nitrogens with one attached hydrogen (secondary N) is 1. The minimum Gasteiger partial charge on any atom is -0.356 e. The molecule has 0 aromatic heterocycles. The van der Waals surface area contributed by atoms with Crippen molar-refractivity contribution in [1.29, 1.82) is 0 Å². The molecule has 2 atom stereocenters. The van der Waals surface area contributed by atoms with E-state index in [1.807, 2.05) is 0 Å². The molecule has 1 aliphatic heterocycles. The first kappa shape index (κ1) is 7.84. The van der Waals surface area contributed by atoms with Gasteiger partial charge in [-0.25, -0.2) is 0 Å². The molecule has 1 heterocycles. The molecule has 0 radical (unpaired) electrons. The number of allylic oxidation sites excluding steroid dienone is 2. The molecule has 12 heavy (non-hydrogen) atoms. The third-order valence-corrected chi connectivity index (χ3v) is 2.90. The molecular formula is C10H15NO. The van der Waals surface area contributed by atoms with Gasteiger partial charge in [0.05, 0.1) is 0 Å². The van der Waals surface area contributed by atoms with Crippen molar-refractivity contribution in [2.45, 2.75) is 25.7 Å². The van der Waals surface area contributed by atoms with Crippen molar-refractivity contribution in [3.8, 4) is 0 Å². The quantitative estimate of drug-likeness (QED) is 0.586. The van der Waals surface area contributed by atoms with E-state index in [2.05, 4.69) is 17.5 Å². The molecule has 2 heteroatoms. The highest BCUT2D eigenvalue weighted by molar-refractivity contribution is 5.81. The standard InChI is InChI=1S/C10H15NO/c12-10-9(6-7-11-10)8-4-2-1-3-5-8/h2,4,8-9H,1,3,5-7H2,(H,11,12). The fourth-order valence-electron chi connectivity index (χ4n) is 2.20. The molecule has 0 spiro atoms. The molecule has 0 aromatic rings. The van der Waals surface area contributed by atoms with Gasteiger partial charge in [-0.2, -0.15) is 0 Å². The van der Waals surface area contributed by atoms with E-state index >= 15 is 0 Å². The lowest BCUT2D eigenvalue weighted by atomic mass is 9.84. The van der Waals surface area contributed by atoms with Crippen LogP contribution in [0.4, 0.5) is 0 Å². The number of hydrogen-bond donors (Lipinski definition) is 1. The summed E-state index contributed by atoms with van der Waals surface area (Å²) in [4.78, 5) is 11.3. The maximum atomic E-state index is 11.3. The second kappa shape index (κ2) is 3.30. The molecule has 1 fully saturated rings. The van der Waals surface area contributed by atoms with Crippen molar-refractivity contribution in [3.63, 3.8) is 0 Å². The number of carbonyl (C=O) groups excluding carboxylic acids is 1. The lowest BCUT2D eigenvalue weighted by Gasteiger charge is -2.20. The van der Waals surface area contributed by atoms with Crippen LogP contribution < -0.4 is 5.32 Å². The van der Waals surface area contributed by atoms with E-state index in [-0.39, 0.29) is 11.8 Å².